The summed E-state index contributed by atoms with van der Waals surface area (Å²) in [6.07, 6.45) is 2.51. The van der Waals surface area contributed by atoms with Crippen LogP contribution in [0.25, 0.3) is 0 Å². The van der Waals surface area contributed by atoms with Crippen molar-refractivity contribution in [1.29, 1.82) is 0 Å². The zero-order valence-corrected chi connectivity index (χ0v) is 10.6. The molecule has 3 N–H and O–H groups in total. The number of nitrogens with two attached hydrogens (primary N) is 1. The summed E-state index contributed by atoms with van der Waals surface area (Å²) in [5.74, 6) is 0.229. The lowest BCUT2D eigenvalue weighted by Crippen LogP contribution is -2.25. The van der Waals surface area contributed by atoms with Gasteiger partial charge in [0.15, 0.2) is 5.84 Å². The maximum Gasteiger partial charge on any atom is 0.152 e. The number of halogens is 1. The molecule has 0 aromatic carbocycles. The second-order valence-corrected chi connectivity index (χ2v) is 4.99. The van der Waals surface area contributed by atoms with E-state index in [1.165, 1.54) is 11.8 Å². The molecule has 1 aromatic heterocycles. The summed E-state index contributed by atoms with van der Waals surface area (Å²) >= 11 is 4.79. The molecule has 1 unspecified atom stereocenters. The molecule has 0 amide bonds. The van der Waals surface area contributed by atoms with Crippen molar-refractivity contribution in [2.45, 2.75) is 23.6 Å². The minimum atomic E-state index is -0.0383. The predicted octanol–water partition coefficient (Wildman–Crippen LogP) is 2.46. The van der Waals surface area contributed by atoms with E-state index < -0.39 is 0 Å². The number of aromatic nitrogens is 1. The second-order valence-electron chi connectivity index (χ2n) is 2.85. The zero-order valence-electron chi connectivity index (χ0n) is 8.22. The SMILES string of the molecule is CCC(Sc1ccc(Br)cn1)C(N)=NO. The van der Waals surface area contributed by atoms with Gasteiger partial charge in [0, 0.05) is 10.7 Å². The number of thioether (sulfide) groups is 1. The quantitative estimate of drug-likeness (QED) is 0.294. The predicted molar refractivity (Wildman–Crippen MR) is 65.3 cm³/mol. The smallest absolute Gasteiger partial charge is 0.152 e. The standard InChI is InChI=1S/C9H12BrN3OS/c1-2-7(9(11)13-14)15-8-4-3-6(10)5-12-8/h3-5,7,14H,2H2,1H3,(H2,11,13). The van der Waals surface area contributed by atoms with E-state index >= 15 is 0 Å². The van der Waals surface area contributed by atoms with E-state index in [9.17, 15) is 0 Å². The van der Waals surface area contributed by atoms with Gasteiger partial charge in [-0.15, -0.1) is 0 Å². The molecule has 82 valence electrons. The van der Waals surface area contributed by atoms with E-state index in [1.54, 1.807) is 6.20 Å². The van der Waals surface area contributed by atoms with Crippen molar-refractivity contribution in [2.24, 2.45) is 10.9 Å². The maximum atomic E-state index is 8.58. The van der Waals surface area contributed by atoms with Crippen molar-refractivity contribution < 1.29 is 5.21 Å². The molecule has 0 aliphatic heterocycles. The van der Waals surface area contributed by atoms with Crippen molar-refractivity contribution in [2.75, 3.05) is 0 Å². The van der Waals surface area contributed by atoms with E-state index in [4.69, 9.17) is 10.9 Å². The first kappa shape index (κ1) is 12.3. The summed E-state index contributed by atoms with van der Waals surface area (Å²) in [6.45, 7) is 1.98. The Kier molecular flexibility index (Phi) is 4.90. The van der Waals surface area contributed by atoms with Crippen LogP contribution in [-0.4, -0.2) is 21.3 Å². The summed E-state index contributed by atoms with van der Waals surface area (Å²) in [4.78, 5) is 4.21. The van der Waals surface area contributed by atoms with Gasteiger partial charge in [-0.25, -0.2) is 4.98 Å². The largest absolute Gasteiger partial charge is 0.409 e. The summed E-state index contributed by atoms with van der Waals surface area (Å²) < 4.78 is 0.934. The van der Waals surface area contributed by atoms with Crippen LogP contribution in [0.3, 0.4) is 0 Å². The molecule has 0 aliphatic rings. The van der Waals surface area contributed by atoms with Crippen molar-refractivity contribution in [3.63, 3.8) is 0 Å². The topological polar surface area (TPSA) is 71.5 Å². The average Bonchev–Trinajstić information content (AvgIpc) is 2.27. The van der Waals surface area contributed by atoms with E-state index in [0.29, 0.717) is 0 Å². The third-order valence-electron chi connectivity index (χ3n) is 1.78. The lowest BCUT2D eigenvalue weighted by Gasteiger charge is -2.11. The number of nitrogens with zero attached hydrogens (tertiary/aromatic N) is 2. The Morgan fingerprint density at radius 3 is 2.93 bits per heavy atom. The number of rotatable bonds is 4. The zero-order chi connectivity index (χ0) is 11.3. The molecule has 1 aromatic rings. The Bertz CT molecular complexity index is 342. The van der Waals surface area contributed by atoms with Crippen LogP contribution in [0.1, 0.15) is 13.3 Å². The van der Waals surface area contributed by atoms with Crippen LogP contribution in [0.2, 0.25) is 0 Å². The van der Waals surface area contributed by atoms with Gasteiger partial charge in [-0.1, -0.05) is 23.8 Å². The first-order valence-corrected chi connectivity index (χ1v) is 6.10. The highest BCUT2D eigenvalue weighted by atomic mass is 79.9. The molecule has 1 heterocycles. The van der Waals surface area contributed by atoms with Crippen LogP contribution < -0.4 is 5.73 Å². The summed E-state index contributed by atoms with van der Waals surface area (Å²) in [6, 6.07) is 3.80. The lowest BCUT2D eigenvalue weighted by atomic mass is 10.3. The van der Waals surface area contributed by atoms with Gasteiger partial charge in [0.05, 0.1) is 10.3 Å². The molecule has 0 bridgehead atoms. The van der Waals surface area contributed by atoms with Gasteiger partial charge >= 0.3 is 0 Å². The molecule has 15 heavy (non-hydrogen) atoms. The molecular weight excluding hydrogens is 278 g/mol. The van der Waals surface area contributed by atoms with Gasteiger partial charge in [-0.2, -0.15) is 0 Å². The van der Waals surface area contributed by atoms with Crippen LogP contribution in [0.4, 0.5) is 0 Å². The molecule has 4 nitrogen and oxygen atoms in total. The third kappa shape index (κ3) is 3.71. The summed E-state index contributed by atoms with van der Waals surface area (Å²) in [7, 11) is 0. The Balaban J connectivity index is 2.71. The molecule has 0 spiro atoms. The highest BCUT2D eigenvalue weighted by Gasteiger charge is 2.13. The number of hydrogen-bond acceptors (Lipinski definition) is 4. The fraction of sp³-hybridized carbons (Fsp3) is 0.333. The second kappa shape index (κ2) is 5.97. The van der Waals surface area contributed by atoms with Crippen molar-refractivity contribution in [3.05, 3.63) is 22.8 Å². The summed E-state index contributed by atoms with van der Waals surface area (Å²) in [5, 5.41) is 12.4. The third-order valence-corrected chi connectivity index (χ3v) is 3.59. The number of oxime groups is 1. The van der Waals surface area contributed by atoms with Crippen molar-refractivity contribution in [1.82, 2.24) is 4.98 Å². The van der Waals surface area contributed by atoms with Crippen molar-refractivity contribution >= 4 is 33.5 Å². The van der Waals surface area contributed by atoms with E-state index in [2.05, 4.69) is 26.1 Å². The summed E-state index contributed by atoms with van der Waals surface area (Å²) in [5.41, 5.74) is 5.55. The Labute approximate surface area is 101 Å². The monoisotopic (exact) mass is 289 g/mol. The number of amidine groups is 1. The van der Waals surface area contributed by atoms with Crippen LogP contribution in [0.15, 0.2) is 33.0 Å². The van der Waals surface area contributed by atoms with Crippen LogP contribution >= 0.6 is 27.7 Å². The van der Waals surface area contributed by atoms with Gasteiger partial charge in [0.25, 0.3) is 0 Å². The fourth-order valence-electron chi connectivity index (χ4n) is 0.995. The highest BCUT2D eigenvalue weighted by molar-refractivity contribution is 9.10. The highest BCUT2D eigenvalue weighted by Crippen LogP contribution is 2.24. The fourth-order valence-corrected chi connectivity index (χ4v) is 2.12. The molecule has 1 atom stereocenters. The Morgan fingerprint density at radius 2 is 2.47 bits per heavy atom. The molecule has 0 fully saturated rings. The van der Waals surface area contributed by atoms with Crippen LogP contribution in [0, 0.1) is 0 Å². The Morgan fingerprint density at radius 1 is 1.73 bits per heavy atom. The van der Waals surface area contributed by atoms with Gasteiger partial charge in [0.2, 0.25) is 0 Å². The van der Waals surface area contributed by atoms with Gasteiger partial charge in [-0.05, 0) is 34.5 Å². The minimum absolute atomic E-state index is 0.0383. The first-order chi connectivity index (χ1) is 7.17. The lowest BCUT2D eigenvalue weighted by molar-refractivity contribution is 0.317. The first-order valence-electron chi connectivity index (χ1n) is 4.43. The van der Waals surface area contributed by atoms with Crippen molar-refractivity contribution in [3.8, 4) is 0 Å². The van der Waals surface area contributed by atoms with Gasteiger partial charge < -0.3 is 10.9 Å². The van der Waals surface area contributed by atoms with E-state index in [1.807, 2.05) is 19.1 Å². The number of pyridine rings is 1. The number of hydrogen-bond donors (Lipinski definition) is 2. The molecule has 0 saturated carbocycles. The average molecular weight is 290 g/mol. The molecule has 0 saturated heterocycles. The normalized spacial score (nSPS) is 13.9. The molecule has 6 heteroatoms. The molecule has 0 radical (unpaired) electrons. The van der Waals surface area contributed by atoms with Gasteiger partial charge in [-0.3, -0.25) is 0 Å². The maximum absolute atomic E-state index is 8.58. The van der Waals surface area contributed by atoms with Crippen LogP contribution in [0.5, 0.6) is 0 Å². The van der Waals surface area contributed by atoms with E-state index in [0.717, 1.165) is 15.9 Å². The van der Waals surface area contributed by atoms with Gasteiger partial charge in [0.1, 0.15) is 0 Å². The van der Waals surface area contributed by atoms with E-state index in [-0.39, 0.29) is 11.1 Å². The molecule has 0 aliphatic carbocycles. The minimum Gasteiger partial charge on any atom is -0.409 e. The van der Waals surface area contributed by atoms with Crippen LogP contribution in [-0.2, 0) is 0 Å². The molecular formula is C9H12BrN3OS. The Hall–Kier alpha value is -0.750. The molecule has 1 rings (SSSR count).